The number of hydrogen-bond donors (Lipinski definition) is 3. The minimum Gasteiger partial charge on any atom is -0.481 e. The van der Waals surface area contributed by atoms with E-state index < -0.39 is 30.1 Å². The number of aliphatic hydroxyl groups excluding tert-OH is 1. The number of ether oxygens (including phenoxy) is 1. The van der Waals surface area contributed by atoms with E-state index in [0.717, 1.165) is 5.56 Å². The van der Waals surface area contributed by atoms with Gasteiger partial charge in [-0.25, -0.2) is 4.79 Å². The number of carbonyl (C=O) groups is 2. The molecule has 1 aliphatic carbocycles. The summed E-state index contributed by atoms with van der Waals surface area (Å²) in [7, 11) is 0. The van der Waals surface area contributed by atoms with E-state index in [9.17, 15) is 14.7 Å². The van der Waals surface area contributed by atoms with Crippen LogP contribution in [0, 0.1) is 5.92 Å². The van der Waals surface area contributed by atoms with Crippen molar-refractivity contribution in [2.75, 3.05) is 0 Å². The number of amides is 1. The van der Waals surface area contributed by atoms with Gasteiger partial charge in [-0.15, -0.1) is 0 Å². The van der Waals surface area contributed by atoms with Crippen molar-refractivity contribution in [3.8, 4) is 0 Å². The molecule has 0 spiro atoms. The third-order valence-corrected chi connectivity index (χ3v) is 3.39. The Morgan fingerprint density at radius 1 is 1.25 bits per heavy atom. The van der Waals surface area contributed by atoms with Gasteiger partial charge in [-0.3, -0.25) is 4.79 Å². The maximum Gasteiger partial charge on any atom is 0.407 e. The molecule has 1 fully saturated rings. The Morgan fingerprint density at radius 2 is 1.95 bits per heavy atom. The third-order valence-electron chi connectivity index (χ3n) is 3.39. The number of alkyl carbamates (subject to hydrolysis) is 1. The van der Waals surface area contributed by atoms with Gasteiger partial charge in [0.25, 0.3) is 0 Å². The molecule has 0 aromatic heterocycles. The van der Waals surface area contributed by atoms with Crippen molar-refractivity contribution < 1.29 is 24.5 Å². The molecular weight excluding hydrogens is 262 g/mol. The van der Waals surface area contributed by atoms with Gasteiger partial charge in [-0.2, -0.15) is 0 Å². The first-order valence-corrected chi connectivity index (χ1v) is 6.44. The number of carboxylic acids is 1. The molecule has 1 amide bonds. The molecule has 1 saturated carbocycles. The second-order valence-corrected chi connectivity index (χ2v) is 4.89. The van der Waals surface area contributed by atoms with E-state index in [1.807, 2.05) is 30.3 Å². The van der Waals surface area contributed by atoms with Gasteiger partial charge in [0.2, 0.25) is 0 Å². The summed E-state index contributed by atoms with van der Waals surface area (Å²) in [5, 5.41) is 21.1. The van der Waals surface area contributed by atoms with E-state index in [1.54, 1.807) is 0 Å². The lowest BCUT2D eigenvalue weighted by Crippen LogP contribution is -2.40. The predicted molar refractivity (Wildman–Crippen MR) is 69.9 cm³/mol. The first kappa shape index (κ1) is 14.3. The van der Waals surface area contributed by atoms with Crippen LogP contribution < -0.4 is 5.32 Å². The van der Waals surface area contributed by atoms with Gasteiger partial charge in [-0.1, -0.05) is 30.3 Å². The molecule has 0 radical (unpaired) electrons. The Balaban J connectivity index is 1.79. The highest BCUT2D eigenvalue weighted by Crippen LogP contribution is 2.26. The summed E-state index contributed by atoms with van der Waals surface area (Å²) in [5.41, 5.74) is 0.859. The molecule has 1 aromatic carbocycles. The van der Waals surface area contributed by atoms with Crippen molar-refractivity contribution in [3.05, 3.63) is 35.9 Å². The molecule has 3 N–H and O–H groups in total. The maximum atomic E-state index is 11.6. The summed E-state index contributed by atoms with van der Waals surface area (Å²) in [5.74, 6) is -1.57. The van der Waals surface area contributed by atoms with Crippen molar-refractivity contribution in [3.63, 3.8) is 0 Å². The van der Waals surface area contributed by atoms with Crippen LogP contribution in [0.15, 0.2) is 30.3 Å². The Labute approximate surface area is 116 Å². The molecule has 6 nitrogen and oxygen atoms in total. The molecule has 108 valence electrons. The number of hydrogen-bond acceptors (Lipinski definition) is 4. The molecule has 0 saturated heterocycles. The largest absolute Gasteiger partial charge is 0.481 e. The molecule has 6 heteroatoms. The van der Waals surface area contributed by atoms with Crippen LogP contribution >= 0.6 is 0 Å². The normalized spacial score (nSPS) is 25.1. The molecule has 0 unspecified atom stereocenters. The van der Waals surface area contributed by atoms with Crippen LogP contribution in [0.1, 0.15) is 18.4 Å². The number of aliphatic hydroxyl groups is 1. The third kappa shape index (κ3) is 3.71. The summed E-state index contributed by atoms with van der Waals surface area (Å²) in [6.07, 6.45) is -1.13. The van der Waals surface area contributed by atoms with Gasteiger partial charge in [0.1, 0.15) is 6.61 Å². The number of benzene rings is 1. The van der Waals surface area contributed by atoms with Crippen LogP contribution in [0.2, 0.25) is 0 Å². The molecule has 0 aliphatic heterocycles. The first-order chi connectivity index (χ1) is 9.56. The van der Waals surface area contributed by atoms with Crippen molar-refractivity contribution in [2.24, 2.45) is 5.92 Å². The fourth-order valence-electron chi connectivity index (χ4n) is 2.29. The lowest BCUT2D eigenvalue weighted by Gasteiger charge is -2.16. The lowest BCUT2D eigenvalue weighted by molar-refractivity contribution is -0.141. The lowest BCUT2D eigenvalue weighted by atomic mass is 10.1. The van der Waals surface area contributed by atoms with Gasteiger partial charge in [0.15, 0.2) is 0 Å². The zero-order valence-electron chi connectivity index (χ0n) is 10.9. The summed E-state index contributed by atoms with van der Waals surface area (Å²) in [6.45, 7) is 0.137. The van der Waals surface area contributed by atoms with Gasteiger partial charge in [0.05, 0.1) is 18.1 Å². The first-order valence-electron chi connectivity index (χ1n) is 6.44. The van der Waals surface area contributed by atoms with Crippen molar-refractivity contribution >= 4 is 12.1 Å². The molecule has 2 rings (SSSR count). The Kier molecular flexibility index (Phi) is 4.57. The van der Waals surface area contributed by atoms with E-state index in [0.29, 0.717) is 0 Å². The molecule has 0 heterocycles. The predicted octanol–water partition coefficient (Wildman–Crippen LogP) is 1.14. The Morgan fingerprint density at radius 3 is 2.55 bits per heavy atom. The second kappa shape index (κ2) is 6.38. The minimum atomic E-state index is -0.953. The van der Waals surface area contributed by atoms with Crippen LogP contribution in [0.3, 0.4) is 0 Å². The molecule has 1 aromatic rings. The van der Waals surface area contributed by atoms with Crippen molar-refractivity contribution in [1.82, 2.24) is 5.32 Å². The maximum absolute atomic E-state index is 11.6. The molecule has 3 atom stereocenters. The number of carbonyl (C=O) groups excluding carboxylic acids is 1. The fraction of sp³-hybridized carbons (Fsp3) is 0.429. The van der Waals surface area contributed by atoms with Crippen LogP contribution in [0.25, 0.3) is 0 Å². The average molecular weight is 279 g/mol. The molecule has 20 heavy (non-hydrogen) atoms. The summed E-state index contributed by atoms with van der Waals surface area (Å²) >= 11 is 0. The highest BCUT2D eigenvalue weighted by atomic mass is 16.5. The highest BCUT2D eigenvalue weighted by Gasteiger charge is 2.37. The Bertz CT molecular complexity index is 476. The van der Waals surface area contributed by atoms with Crippen LogP contribution in [-0.2, 0) is 16.1 Å². The van der Waals surface area contributed by atoms with Gasteiger partial charge in [-0.05, 0) is 18.4 Å². The molecule has 1 aliphatic rings. The quantitative estimate of drug-likeness (QED) is 0.768. The second-order valence-electron chi connectivity index (χ2n) is 4.89. The molecule has 0 bridgehead atoms. The average Bonchev–Trinajstić information content (AvgIpc) is 2.79. The zero-order valence-corrected chi connectivity index (χ0v) is 10.9. The summed E-state index contributed by atoms with van der Waals surface area (Å²) in [4.78, 5) is 22.4. The van der Waals surface area contributed by atoms with Gasteiger partial charge < -0.3 is 20.3 Å². The smallest absolute Gasteiger partial charge is 0.407 e. The van der Waals surface area contributed by atoms with E-state index in [-0.39, 0.29) is 19.4 Å². The van der Waals surface area contributed by atoms with E-state index in [4.69, 9.17) is 9.84 Å². The SMILES string of the molecule is O=C(N[C@@H]1C[C@H](C(=O)O)C[C@@H]1O)OCc1ccccc1. The van der Waals surface area contributed by atoms with Crippen LogP contribution in [0.4, 0.5) is 4.79 Å². The number of carboxylic acid groups (broad SMARTS) is 1. The van der Waals surface area contributed by atoms with E-state index >= 15 is 0 Å². The topological polar surface area (TPSA) is 95.9 Å². The van der Waals surface area contributed by atoms with E-state index in [2.05, 4.69) is 5.32 Å². The number of aliphatic carboxylic acids is 1. The highest BCUT2D eigenvalue weighted by molar-refractivity contribution is 5.71. The minimum absolute atomic E-state index is 0.137. The van der Waals surface area contributed by atoms with Crippen LogP contribution in [-0.4, -0.2) is 34.4 Å². The van der Waals surface area contributed by atoms with Gasteiger partial charge in [0, 0.05) is 0 Å². The monoisotopic (exact) mass is 279 g/mol. The summed E-state index contributed by atoms with van der Waals surface area (Å²) in [6, 6.07) is 8.64. The van der Waals surface area contributed by atoms with Crippen molar-refractivity contribution in [1.29, 1.82) is 0 Å². The zero-order chi connectivity index (χ0) is 14.5. The van der Waals surface area contributed by atoms with E-state index in [1.165, 1.54) is 0 Å². The van der Waals surface area contributed by atoms with Crippen molar-refractivity contribution in [2.45, 2.75) is 31.6 Å². The number of nitrogens with one attached hydrogen (secondary N) is 1. The van der Waals surface area contributed by atoms with Gasteiger partial charge >= 0.3 is 12.1 Å². The molecular formula is C14H17NO5. The standard InChI is InChI=1S/C14H17NO5/c16-12-7-10(13(17)18)6-11(12)15-14(19)20-8-9-4-2-1-3-5-9/h1-5,10-12,16H,6-8H2,(H,15,19)(H,17,18)/t10-,11+,12-/m0/s1. The van der Waals surface area contributed by atoms with Crippen LogP contribution in [0.5, 0.6) is 0 Å². The fourth-order valence-corrected chi connectivity index (χ4v) is 2.29. The number of rotatable bonds is 4. The Hall–Kier alpha value is -2.08. The summed E-state index contributed by atoms with van der Waals surface area (Å²) < 4.78 is 5.03.